The minimum Gasteiger partial charge on any atom is -0.0882 e. The Hall–Kier alpha value is -1.30. The van der Waals surface area contributed by atoms with Gasteiger partial charge in [0.25, 0.3) is 0 Å². The van der Waals surface area contributed by atoms with Crippen LogP contribution < -0.4 is 0 Å². The summed E-state index contributed by atoms with van der Waals surface area (Å²) in [4.78, 5) is 0. The molecule has 0 nitrogen and oxygen atoms in total. The first-order valence-corrected chi connectivity index (χ1v) is 5.30. The van der Waals surface area contributed by atoms with E-state index in [4.69, 9.17) is 0 Å². The molecule has 0 aliphatic heterocycles. The van der Waals surface area contributed by atoms with Crippen LogP contribution in [-0.4, -0.2) is 0 Å². The molecule has 1 aliphatic carbocycles. The van der Waals surface area contributed by atoms with Crippen LogP contribution >= 0.6 is 0 Å². The summed E-state index contributed by atoms with van der Waals surface area (Å²) >= 11 is 0. The molecule has 0 spiro atoms. The van der Waals surface area contributed by atoms with Gasteiger partial charge in [0, 0.05) is 0 Å². The van der Waals surface area contributed by atoms with Crippen molar-refractivity contribution in [3.8, 4) is 0 Å². The number of hydrogen-bond acceptors (Lipinski definition) is 0. The monoisotopic (exact) mass is 186 g/mol. The molecule has 0 saturated heterocycles. The van der Waals surface area contributed by atoms with Crippen LogP contribution in [0.4, 0.5) is 0 Å². The molecule has 0 unspecified atom stereocenters. The zero-order valence-electron chi connectivity index (χ0n) is 8.60. The van der Waals surface area contributed by atoms with Gasteiger partial charge in [0.05, 0.1) is 0 Å². The van der Waals surface area contributed by atoms with Gasteiger partial charge < -0.3 is 0 Å². The van der Waals surface area contributed by atoms with E-state index in [1.807, 2.05) is 0 Å². The second kappa shape index (κ2) is 8.31. The van der Waals surface area contributed by atoms with Crippen LogP contribution in [0.2, 0.25) is 0 Å². The first-order chi connectivity index (χ1) is 7.00. The highest BCUT2D eigenvalue weighted by atomic mass is 13.9. The van der Waals surface area contributed by atoms with E-state index < -0.39 is 0 Å². The molecule has 0 heterocycles. The lowest BCUT2D eigenvalue weighted by Gasteiger charge is -1.89. The Labute approximate surface area is 87.0 Å². The summed E-state index contributed by atoms with van der Waals surface area (Å²) in [6.07, 6.45) is 26.0. The maximum atomic E-state index is 2.27. The quantitative estimate of drug-likeness (QED) is 0.494. The average Bonchev–Trinajstić information content (AvgIpc) is 2.22. The van der Waals surface area contributed by atoms with Crippen molar-refractivity contribution >= 4 is 0 Å². The van der Waals surface area contributed by atoms with E-state index in [2.05, 4.69) is 60.8 Å². The van der Waals surface area contributed by atoms with Crippen molar-refractivity contribution in [1.29, 1.82) is 0 Å². The van der Waals surface area contributed by atoms with Crippen molar-refractivity contribution in [2.24, 2.45) is 0 Å². The lowest BCUT2D eigenvalue weighted by Crippen LogP contribution is -1.69. The van der Waals surface area contributed by atoms with E-state index in [-0.39, 0.29) is 0 Å². The molecule has 0 aromatic carbocycles. The number of rotatable bonds is 0. The molecule has 0 heteroatoms. The number of hydrogen-bond donors (Lipinski definition) is 0. The molecule has 0 saturated carbocycles. The molecule has 0 bridgehead atoms. The third-order valence-electron chi connectivity index (χ3n) is 2.01. The topological polar surface area (TPSA) is 0 Å². The predicted molar refractivity (Wildman–Crippen MR) is 64.2 cm³/mol. The summed E-state index contributed by atoms with van der Waals surface area (Å²) in [6.45, 7) is 0. The summed E-state index contributed by atoms with van der Waals surface area (Å²) < 4.78 is 0. The highest BCUT2D eigenvalue weighted by Gasteiger charge is 1.79. The maximum absolute atomic E-state index is 2.27. The van der Waals surface area contributed by atoms with Gasteiger partial charge in [0.15, 0.2) is 0 Å². The standard InChI is InChI=1S/C14H18/c1-2-4-6-8-10-12-14-13-11-9-7-5-3-1/h1-8,11,13H,9-10,12,14H2/b3-1-,4-2+,7-5?,8-6?,13-11+. The average molecular weight is 186 g/mol. The molecule has 0 fully saturated rings. The molecular formula is C14H18. The highest BCUT2D eigenvalue weighted by molar-refractivity contribution is 5.15. The molecule has 0 radical (unpaired) electrons. The molecule has 1 aliphatic rings. The van der Waals surface area contributed by atoms with Crippen LogP contribution in [0.3, 0.4) is 0 Å². The van der Waals surface area contributed by atoms with E-state index in [0.29, 0.717) is 0 Å². The van der Waals surface area contributed by atoms with Gasteiger partial charge >= 0.3 is 0 Å². The predicted octanol–water partition coefficient (Wildman–Crippen LogP) is 4.34. The minimum absolute atomic E-state index is 1.05. The fraction of sp³-hybridized carbons (Fsp3) is 0.286. The third-order valence-corrected chi connectivity index (χ3v) is 2.01. The van der Waals surface area contributed by atoms with Gasteiger partial charge in [-0.15, -0.1) is 0 Å². The molecule has 0 N–H and O–H groups in total. The van der Waals surface area contributed by atoms with Gasteiger partial charge in [-0.05, 0) is 25.7 Å². The fourth-order valence-electron chi connectivity index (χ4n) is 1.23. The molecule has 74 valence electrons. The van der Waals surface area contributed by atoms with Crippen molar-refractivity contribution in [2.75, 3.05) is 0 Å². The number of allylic oxidation sites excluding steroid dienone is 10. The third kappa shape index (κ3) is 6.24. The van der Waals surface area contributed by atoms with Gasteiger partial charge in [-0.3, -0.25) is 0 Å². The van der Waals surface area contributed by atoms with Crippen LogP contribution in [0.25, 0.3) is 0 Å². The lowest BCUT2D eigenvalue weighted by atomic mass is 10.2. The molecule has 14 heavy (non-hydrogen) atoms. The zero-order valence-corrected chi connectivity index (χ0v) is 8.60. The van der Waals surface area contributed by atoms with Crippen molar-refractivity contribution in [3.63, 3.8) is 0 Å². The van der Waals surface area contributed by atoms with Crippen molar-refractivity contribution in [1.82, 2.24) is 0 Å². The summed E-state index contributed by atoms with van der Waals surface area (Å²) in [6, 6.07) is 0. The van der Waals surface area contributed by atoms with E-state index in [9.17, 15) is 0 Å². The van der Waals surface area contributed by atoms with Crippen LogP contribution in [0, 0.1) is 0 Å². The van der Waals surface area contributed by atoms with Gasteiger partial charge in [-0.2, -0.15) is 0 Å². The van der Waals surface area contributed by atoms with Crippen LogP contribution in [0.5, 0.6) is 0 Å². The van der Waals surface area contributed by atoms with Gasteiger partial charge in [-0.25, -0.2) is 0 Å². The second-order valence-corrected chi connectivity index (χ2v) is 3.26. The Morgan fingerprint density at radius 2 is 1.14 bits per heavy atom. The van der Waals surface area contributed by atoms with E-state index in [0.717, 1.165) is 6.42 Å². The van der Waals surface area contributed by atoms with E-state index in [1.54, 1.807) is 0 Å². The summed E-state index contributed by atoms with van der Waals surface area (Å²) in [5, 5.41) is 0. The summed E-state index contributed by atoms with van der Waals surface area (Å²) in [7, 11) is 0. The second-order valence-electron chi connectivity index (χ2n) is 3.26. The largest absolute Gasteiger partial charge is 0.0882 e. The van der Waals surface area contributed by atoms with Crippen LogP contribution in [-0.2, 0) is 0 Å². The molecule has 0 amide bonds. The van der Waals surface area contributed by atoms with Crippen LogP contribution in [0.1, 0.15) is 25.7 Å². The highest BCUT2D eigenvalue weighted by Crippen LogP contribution is 2.00. The Morgan fingerprint density at radius 1 is 0.500 bits per heavy atom. The Morgan fingerprint density at radius 3 is 2.00 bits per heavy atom. The Bertz CT molecular complexity index is 262. The molecule has 0 atom stereocenters. The molecule has 0 aromatic heterocycles. The normalized spacial score (nSPS) is 25.1. The maximum Gasteiger partial charge on any atom is -0.0166 e. The van der Waals surface area contributed by atoms with Crippen LogP contribution in [0.15, 0.2) is 60.8 Å². The Balaban J connectivity index is 2.46. The minimum atomic E-state index is 1.05. The van der Waals surface area contributed by atoms with Gasteiger partial charge in [0.2, 0.25) is 0 Å². The summed E-state index contributed by atoms with van der Waals surface area (Å²) in [5.41, 5.74) is 0. The molecule has 1 rings (SSSR count). The fourth-order valence-corrected chi connectivity index (χ4v) is 1.23. The van der Waals surface area contributed by atoms with E-state index in [1.165, 1.54) is 19.3 Å². The lowest BCUT2D eigenvalue weighted by molar-refractivity contribution is 0.866. The van der Waals surface area contributed by atoms with Crippen molar-refractivity contribution in [2.45, 2.75) is 25.7 Å². The van der Waals surface area contributed by atoms with Gasteiger partial charge in [0.1, 0.15) is 0 Å². The zero-order chi connectivity index (χ0) is 9.90. The first-order valence-electron chi connectivity index (χ1n) is 5.30. The molecule has 0 aromatic rings. The Kier molecular flexibility index (Phi) is 6.39. The van der Waals surface area contributed by atoms with Gasteiger partial charge in [-0.1, -0.05) is 60.8 Å². The first kappa shape index (κ1) is 10.8. The molecular weight excluding hydrogens is 168 g/mol. The summed E-state index contributed by atoms with van der Waals surface area (Å²) in [5.74, 6) is 0. The van der Waals surface area contributed by atoms with E-state index >= 15 is 0 Å². The van der Waals surface area contributed by atoms with Crippen molar-refractivity contribution < 1.29 is 0 Å². The van der Waals surface area contributed by atoms with Crippen molar-refractivity contribution in [3.05, 3.63) is 60.8 Å². The SMILES string of the molecule is C1=CC/C=C/CCCC=C/C=C/C=C\1. The smallest absolute Gasteiger partial charge is 0.0166 e.